The van der Waals surface area contributed by atoms with Crippen molar-refractivity contribution in [3.63, 3.8) is 0 Å². The second-order valence-electron chi connectivity index (χ2n) is 6.39. The van der Waals surface area contributed by atoms with Crippen molar-refractivity contribution in [2.75, 3.05) is 22.9 Å². The monoisotopic (exact) mass is 367 g/mol. The lowest BCUT2D eigenvalue weighted by atomic mass is 10.1. The Labute approximate surface area is 156 Å². The van der Waals surface area contributed by atoms with Gasteiger partial charge in [0.05, 0.1) is 5.69 Å². The number of anilines is 2. The molecule has 2 aliphatic rings. The highest BCUT2D eigenvalue weighted by molar-refractivity contribution is 6.32. The highest BCUT2D eigenvalue weighted by Crippen LogP contribution is 2.26. The molecule has 1 N–H and O–H groups in total. The Balaban J connectivity index is 1.56. The molecule has 0 radical (unpaired) electrons. The summed E-state index contributed by atoms with van der Waals surface area (Å²) in [7, 11) is 0. The number of hydrogen-bond donors (Lipinski definition) is 1. The zero-order valence-electron chi connectivity index (χ0n) is 14.1. The van der Waals surface area contributed by atoms with Gasteiger partial charge >= 0.3 is 6.03 Å². The van der Waals surface area contributed by atoms with Crippen LogP contribution in [0.4, 0.5) is 16.2 Å². The Kier molecular flexibility index (Phi) is 4.39. The zero-order chi connectivity index (χ0) is 18.1. The van der Waals surface area contributed by atoms with E-state index in [0.717, 1.165) is 23.6 Å². The van der Waals surface area contributed by atoms with Crippen LogP contribution in [0.15, 0.2) is 54.2 Å². The van der Waals surface area contributed by atoms with E-state index in [2.05, 4.69) is 10.2 Å². The first-order chi connectivity index (χ1) is 12.6. The van der Waals surface area contributed by atoms with Crippen molar-refractivity contribution in [2.45, 2.75) is 12.8 Å². The SMILES string of the molecule is O=C1N/C(=C/c2ccc(N3CCCC3)cc2)C(=O)N1c1cccc(Cl)c1. The predicted molar refractivity (Wildman–Crippen MR) is 103 cm³/mol. The van der Waals surface area contributed by atoms with Crippen molar-refractivity contribution in [1.82, 2.24) is 5.32 Å². The highest BCUT2D eigenvalue weighted by Gasteiger charge is 2.34. The first kappa shape index (κ1) is 16.7. The molecule has 2 aliphatic heterocycles. The van der Waals surface area contributed by atoms with E-state index < -0.39 is 6.03 Å². The van der Waals surface area contributed by atoms with E-state index in [1.165, 1.54) is 18.5 Å². The number of nitrogens with zero attached hydrogens (tertiary/aromatic N) is 2. The van der Waals surface area contributed by atoms with E-state index >= 15 is 0 Å². The first-order valence-corrected chi connectivity index (χ1v) is 8.97. The molecule has 0 saturated carbocycles. The smallest absolute Gasteiger partial charge is 0.333 e. The Hall–Kier alpha value is -2.79. The highest BCUT2D eigenvalue weighted by atomic mass is 35.5. The Morgan fingerprint density at radius 3 is 2.38 bits per heavy atom. The molecule has 2 saturated heterocycles. The van der Waals surface area contributed by atoms with Gasteiger partial charge in [0, 0.05) is 23.8 Å². The fourth-order valence-corrected chi connectivity index (χ4v) is 3.49. The van der Waals surface area contributed by atoms with Gasteiger partial charge in [-0.15, -0.1) is 0 Å². The fraction of sp³-hybridized carbons (Fsp3) is 0.200. The molecule has 2 fully saturated rings. The van der Waals surface area contributed by atoms with Gasteiger partial charge in [-0.3, -0.25) is 4.79 Å². The summed E-state index contributed by atoms with van der Waals surface area (Å²) >= 11 is 5.97. The van der Waals surface area contributed by atoms with Gasteiger partial charge in [-0.25, -0.2) is 9.69 Å². The average Bonchev–Trinajstić information content (AvgIpc) is 3.25. The Morgan fingerprint density at radius 1 is 0.962 bits per heavy atom. The summed E-state index contributed by atoms with van der Waals surface area (Å²) < 4.78 is 0. The lowest BCUT2D eigenvalue weighted by Gasteiger charge is -2.17. The predicted octanol–water partition coefficient (Wildman–Crippen LogP) is 4.04. The fourth-order valence-electron chi connectivity index (χ4n) is 3.31. The molecule has 2 heterocycles. The van der Waals surface area contributed by atoms with Crippen molar-refractivity contribution >= 4 is 41.0 Å². The number of urea groups is 1. The third-order valence-corrected chi connectivity index (χ3v) is 4.85. The van der Waals surface area contributed by atoms with Crippen LogP contribution in [0.2, 0.25) is 5.02 Å². The van der Waals surface area contributed by atoms with Crippen LogP contribution in [0.1, 0.15) is 18.4 Å². The molecule has 0 aromatic heterocycles. The lowest BCUT2D eigenvalue weighted by molar-refractivity contribution is -0.113. The molecule has 0 unspecified atom stereocenters. The topological polar surface area (TPSA) is 52.7 Å². The summed E-state index contributed by atoms with van der Waals surface area (Å²) in [5, 5.41) is 3.11. The van der Waals surface area contributed by atoms with Crippen molar-refractivity contribution in [3.05, 3.63) is 64.8 Å². The molecule has 0 spiro atoms. The molecular formula is C20H18ClN3O2. The van der Waals surface area contributed by atoms with E-state index in [1.54, 1.807) is 30.3 Å². The minimum atomic E-state index is -0.475. The van der Waals surface area contributed by atoms with Gasteiger partial charge in [0.25, 0.3) is 5.91 Å². The van der Waals surface area contributed by atoms with Crippen molar-refractivity contribution in [1.29, 1.82) is 0 Å². The maximum absolute atomic E-state index is 12.6. The summed E-state index contributed by atoms with van der Waals surface area (Å²) in [4.78, 5) is 28.3. The van der Waals surface area contributed by atoms with Crippen LogP contribution in [0.3, 0.4) is 0 Å². The third-order valence-electron chi connectivity index (χ3n) is 4.62. The maximum Gasteiger partial charge on any atom is 0.333 e. The van der Waals surface area contributed by atoms with Crippen LogP contribution in [0.25, 0.3) is 6.08 Å². The number of hydrogen-bond acceptors (Lipinski definition) is 3. The van der Waals surface area contributed by atoms with Gasteiger partial charge in [0.2, 0.25) is 0 Å². The number of imide groups is 1. The molecular weight excluding hydrogens is 350 g/mol. The summed E-state index contributed by atoms with van der Waals surface area (Å²) in [6.07, 6.45) is 4.15. The maximum atomic E-state index is 12.6. The average molecular weight is 368 g/mol. The van der Waals surface area contributed by atoms with Crippen LogP contribution in [-0.2, 0) is 4.79 Å². The molecule has 3 amide bonds. The lowest BCUT2D eigenvalue weighted by Crippen LogP contribution is -2.30. The number of carbonyl (C=O) groups is 2. The van der Waals surface area contributed by atoms with E-state index in [0.29, 0.717) is 10.7 Å². The Morgan fingerprint density at radius 2 is 1.69 bits per heavy atom. The van der Waals surface area contributed by atoms with Crippen LogP contribution in [-0.4, -0.2) is 25.0 Å². The molecule has 0 aliphatic carbocycles. The number of rotatable bonds is 3. The van der Waals surface area contributed by atoms with Crippen LogP contribution >= 0.6 is 11.6 Å². The molecule has 0 bridgehead atoms. The number of amides is 3. The molecule has 2 aromatic carbocycles. The quantitative estimate of drug-likeness (QED) is 0.658. The molecule has 26 heavy (non-hydrogen) atoms. The summed E-state index contributed by atoms with van der Waals surface area (Å²) in [5.74, 6) is -0.388. The van der Waals surface area contributed by atoms with Crippen LogP contribution in [0.5, 0.6) is 0 Å². The molecule has 6 heteroatoms. The van der Waals surface area contributed by atoms with E-state index in [9.17, 15) is 9.59 Å². The van der Waals surface area contributed by atoms with E-state index in [-0.39, 0.29) is 11.6 Å². The number of carbonyl (C=O) groups excluding carboxylic acids is 2. The second-order valence-corrected chi connectivity index (χ2v) is 6.83. The second kappa shape index (κ2) is 6.84. The van der Waals surface area contributed by atoms with Crippen molar-refractivity contribution in [3.8, 4) is 0 Å². The van der Waals surface area contributed by atoms with Crippen molar-refractivity contribution in [2.24, 2.45) is 0 Å². The number of halogens is 1. The number of nitrogens with one attached hydrogen (secondary N) is 1. The minimum Gasteiger partial charge on any atom is -0.372 e. The summed E-state index contributed by atoms with van der Waals surface area (Å²) in [5.41, 5.74) is 2.76. The van der Waals surface area contributed by atoms with Crippen LogP contribution < -0.4 is 15.1 Å². The molecule has 5 nitrogen and oxygen atoms in total. The van der Waals surface area contributed by atoms with E-state index in [4.69, 9.17) is 11.6 Å². The standard InChI is InChI=1S/C20H18ClN3O2/c21-15-4-3-5-17(13-15)24-19(25)18(22-20(24)26)12-14-6-8-16(9-7-14)23-10-1-2-11-23/h3-9,12-13H,1-2,10-11H2,(H,22,26)/b18-12+. The normalized spacial score (nSPS) is 18.7. The first-order valence-electron chi connectivity index (χ1n) is 8.59. The molecule has 0 atom stereocenters. The van der Waals surface area contributed by atoms with Crippen molar-refractivity contribution < 1.29 is 9.59 Å². The van der Waals surface area contributed by atoms with Gasteiger partial charge in [0.1, 0.15) is 5.70 Å². The van der Waals surface area contributed by atoms with Gasteiger partial charge in [-0.2, -0.15) is 0 Å². The summed E-state index contributed by atoms with van der Waals surface area (Å²) in [6.45, 7) is 2.17. The molecule has 132 valence electrons. The third kappa shape index (κ3) is 3.18. The van der Waals surface area contributed by atoms with Gasteiger partial charge in [-0.05, 0) is 54.8 Å². The van der Waals surface area contributed by atoms with E-state index in [1.807, 2.05) is 24.3 Å². The van der Waals surface area contributed by atoms with Crippen LogP contribution in [0, 0.1) is 0 Å². The zero-order valence-corrected chi connectivity index (χ0v) is 14.9. The Bertz CT molecular complexity index is 886. The minimum absolute atomic E-state index is 0.254. The van der Waals surface area contributed by atoms with Gasteiger partial charge in [0.15, 0.2) is 0 Å². The number of benzene rings is 2. The summed E-state index contributed by atoms with van der Waals surface area (Å²) in [6, 6.07) is 14.2. The largest absolute Gasteiger partial charge is 0.372 e. The van der Waals surface area contributed by atoms with Gasteiger partial charge < -0.3 is 10.2 Å². The molecule has 4 rings (SSSR count). The van der Waals surface area contributed by atoms with Gasteiger partial charge in [-0.1, -0.05) is 29.8 Å². The molecule has 2 aromatic rings.